The summed E-state index contributed by atoms with van der Waals surface area (Å²) in [5, 5.41) is 15.8. The molecule has 0 saturated carbocycles. The van der Waals surface area contributed by atoms with Crippen LogP contribution in [0.5, 0.6) is 5.75 Å². The normalized spacial score (nSPS) is 11.0. The second-order valence-electron chi connectivity index (χ2n) is 6.76. The van der Waals surface area contributed by atoms with Crippen molar-refractivity contribution < 1.29 is 9.53 Å². The molecule has 0 spiro atoms. The van der Waals surface area contributed by atoms with Gasteiger partial charge in [-0.15, -0.1) is 5.10 Å². The van der Waals surface area contributed by atoms with E-state index in [0.29, 0.717) is 27.5 Å². The average Bonchev–Trinajstić information content (AvgIpc) is 3.17. The molecule has 0 atom stereocenters. The number of tetrazole rings is 1. The number of methoxy groups -OCH3 is 1. The maximum atomic E-state index is 12.4. The van der Waals surface area contributed by atoms with Crippen LogP contribution >= 0.6 is 23.4 Å². The molecule has 0 fully saturated rings. The number of anilines is 1. The number of nitrogens with zero attached hydrogens (tertiary/aromatic N) is 4. The number of hydrogen-bond donors (Lipinski definition) is 1. The van der Waals surface area contributed by atoms with Crippen molar-refractivity contribution in [2.75, 3.05) is 18.2 Å². The quantitative estimate of drug-likeness (QED) is 0.555. The van der Waals surface area contributed by atoms with E-state index in [9.17, 15) is 4.79 Å². The Kier molecular flexibility index (Phi) is 6.76. The third kappa shape index (κ3) is 5.07. The number of ether oxygens (including phenoxy) is 1. The van der Waals surface area contributed by atoms with E-state index in [1.54, 1.807) is 16.8 Å². The van der Waals surface area contributed by atoms with Gasteiger partial charge in [0, 0.05) is 11.1 Å². The van der Waals surface area contributed by atoms with E-state index in [4.69, 9.17) is 16.3 Å². The molecule has 0 unspecified atom stereocenters. The molecule has 1 N–H and O–H groups in total. The molecule has 0 aliphatic rings. The average molecular weight is 432 g/mol. The molecule has 3 rings (SSSR count). The highest BCUT2D eigenvalue weighted by molar-refractivity contribution is 7.99. The summed E-state index contributed by atoms with van der Waals surface area (Å²) in [6.45, 7) is 6.15. The Morgan fingerprint density at radius 3 is 2.66 bits per heavy atom. The molecule has 1 heterocycles. The first-order chi connectivity index (χ1) is 13.9. The van der Waals surface area contributed by atoms with Gasteiger partial charge in [-0.1, -0.05) is 49.3 Å². The van der Waals surface area contributed by atoms with E-state index >= 15 is 0 Å². The first kappa shape index (κ1) is 21.1. The number of aromatic nitrogens is 4. The molecule has 152 valence electrons. The molecule has 0 aliphatic carbocycles. The Morgan fingerprint density at radius 2 is 2.00 bits per heavy atom. The van der Waals surface area contributed by atoms with E-state index < -0.39 is 0 Å². The number of carbonyl (C=O) groups is 1. The monoisotopic (exact) mass is 431 g/mol. The highest BCUT2D eigenvalue weighted by Gasteiger charge is 2.14. The van der Waals surface area contributed by atoms with Crippen LogP contribution in [0.3, 0.4) is 0 Å². The van der Waals surface area contributed by atoms with Crippen molar-refractivity contribution in [2.45, 2.75) is 31.8 Å². The predicted octanol–water partition coefficient (Wildman–Crippen LogP) is 4.49. The van der Waals surface area contributed by atoms with Gasteiger partial charge in [-0.25, -0.2) is 0 Å². The molecule has 7 nitrogen and oxygen atoms in total. The molecule has 0 bridgehead atoms. The molecule has 0 aliphatic heterocycles. The van der Waals surface area contributed by atoms with E-state index in [0.717, 1.165) is 11.3 Å². The first-order valence-electron chi connectivity index (χ1n) is 9.04. The highest BCUT2D eigenvalue weighted by atomic mass is 35.5. The highest BCUT2D eigenvalue weighted by Crippen LogP contribution is 2.31. The minimum atomic E-state index is -0.195. The number of thioether (sulfide) groups is 1. The van der Waals surface area contributed by atoms with Crippen molar-refractivity contribution in [1.82, 2.24) is 20.2 Å². The zero-order valence-electron chi connectivity index (χ0n) is 16.6. The molecule has 9 heteroatoms. The van der Waals surface area contributed by atoms with Crippen LogP contribution in [0.4, 0.5) is 5.69 Å². The van der Waals surface area contributed by atoms with Crippen molar-refractivity contribution in [3.05, 3.63) is 52.5 Å². The molecule has 0 saturated heterocycles. The van der Waals surface area contributed by atoms with Gasteiger partial charge >= 0.3 is 0 Å². The maximum absolute atomic E-state index is 12.4. The Balaban J connectivity index is 1.68. The number of carbonyl (C=O) groups excluding carboxylic acids is 1. The fraction of sp³-hybridized carbons (Fsp3) is 0.300. The number of nitrogens with one attached hydrogen (secondary N) is 1. The van der Waals surface area contributed by atoms with Gasteiger partial charge in [0.2, 0.25) is 11.1 Å². The fourth-order valence-electron chi connectivity index (χ4n) is 2.68. The topological polar surface area (TPSA) is 81.9 Å². The summed E-state index contributed by atoms with van der Waals surface area (Å²) in [4.78, 5) is 12.4. The van der Waals surface area contributed by atoms with Crippen molar-refractivity contribution in [2.24, 2.45) is 0 Å². The largest absolute Gasteiger partial charge is 0.495 e. The lowest BCUT2D eigenvalue weighted by Gasteiger charge is -2.12. The predicted molar refractivity (Wildman–Crippen MR) is 115 cm³/mol. The van der Waals surface area contributed by atoms with E-state index in [-0.39, 0.29) is 11.7 Å². The lowest BCUT2D eigenvalue weighted by atomic mass is 10.0. The first-order valence-corrected chi connectivity index (χ1v) is 10.4. The molecule has 0 radical (unpaired) electrons. The van der Waals surface area contributed by atoms with E-state index in [1.807, 2.05) is 19.1 Å². The van der Waals surface area contributed by atoms with Gasteiger partial charge in [0.25, 0.3) is 0 Å². The minimum absolute atomic E-state index is 0.148. The van der Waals surface area contributed by atoms with Crippen molar-refractivity contribution in [3.63, 3.8) is 0 Å². The zero-order chi connectivity index (χ0) is 21.0. The standard InChI is InChI=1S/C20H22ClN5O2S/c1-12(2)14-5-7-15(8-6-14)26-20(23-24-25-26)29-11-19(27)22-17-9-13(3)16(21)10-18(17)28-4/h5-10,12H,11H2,1-4H3,(H,22,27). The molecular formula is C20H22ClN5O2S. The molecule has 1 amide bonds. The third-order valence-electron chi connectivity index (χ3n) is 4.33. The van der Waals surface area contributed by atoms with Crippen LogP contribution in [0.25, 0.3) is 5.69 Å². The molecule has 1 aromatic heterocycles. The van der Waals surface area contributed by atoms with Crippen LogP contribution in [0.1, 0.15) is 30.9 Å². The minimum Gasteiger partial charge on any atom is -0.495 e. The van der Waals surface area contributed by atoms with E-state index in [1.165, 1.54) is 24.4 Å². The van der Waals surface area contributed by atoms with Crippen LogP contribution in [0, 0.1) is 6.92 Å². The Morgan fingerprint density at radius 1 is 1.28 bits per heavy atom. The fourth-order valence-corrected chi connectivity index (χ4v) is 3.52. The van der Waals surface area contributed by atoms with Crippen LogP contribution in [0.15, 0.2) is 41.6 Å². The number of aryl methyl sites for hydroxylation is 1. The van der Waals surface area contributed by atoms with Crippen LogP contribution in [-0.4, -0.2) is 39.0 Å². The summed E-state index contributed by atoms with van der Waals surface area (Å²) in [5.41, 5.74) is 3.51. The molecular weight excluding hydrogens is 410 g/mol. The van der Waals surface area contributed by atoms with Gasteiger partial charge in [-0.05, 0) is 52.6 Å². The summed E-state index contributed by atoms with van der Waals surface area (Å²) in [7, 11) is 1.53. The Labute approximate surface area is 178 Å². The summed E-state index contributed by atoms with van der Waals surface area (Å²) in [6.07, 6.45) is 0. The Hall–Kier alpha value is -2.58. The second-order valence-corrected chi connectivity index (χ2v) is 8.11. The van der Waals surface area contributed by atoms with E-state index in [2.05, 4.69) is 46.8 Å². The number of halogens is 1. The number of hydrogen-bond acceptors (Lipinski definition) is 6. The van der Waals surface area contributed by atoms with Crippen molar-refractivity contribution in [3.8, 4) is 11.4 Å². The summed E-state index contributed by atoms with van der Waals surface area (Å²) < 4.78 is 6.91. The summed E-state index contributed by atoms with van der Waals surface area (Å²) in [5.74, 6) is 0.910. The SMILES string of the molecule is COc1cc(Cl)c(C)cc1NC(=O)CSc1nnnn1-c1ccc(C(C)C)cc1. The number of amides is 1. The molecule has 29 heavy (non-hydrogen) atoms. The number of rotatable bonds is 7. The van der Waals surface area contributed by atoms with Gasteiger partial charge in [0.1, 0.15) is 5.75 Å². The van der Waals surface area contributed by atoms with Gasteiger partial charge in [0.05, 0.1) is 24.2 Å². The lowest BCUT2D eigenvalue weighted by molar-refractivity contribution is -0.113. The van der Waals surface area contributed by atoms with Crippen LogP contribution < -0.4 is 10.1 Å². The van der Waals surface area contributed by atoms with Crippen molar-refractivity contribution >= 4 is 35.0 Å². The smallest absolute Gasteiger partial charge is 0.234 e. The van der Waals surface area contributed by atoms with Gasteiger partial charge in [-0.2, -0.15) is 4.68 Å². The van der Waals surface area contributed by atoms with Crippen molar-refractivity contribution in [1.29, 1.82) is 0 Å². The lowest BCUT2D eigenvalue weighted by Crippen LogP contribution is -2.15. The summed E-state index contributed by atoms with van der Waals surface area (Å²) in [6, 6.07) is 11.5. The molecule has 2 aromatic carbocycles. The third-order valence-corrected chi connectivity index (χ3v) is 5.66. The molecule has 3 aromatic rings. The Bertz CT molecular complexity index is 1000. The zero-order valence-corrected chi connectivity index (χ0v) is 18.2. The van der Waals surface area contributed by atoms with Crippen LogP contribution in [-0.2, 0) is 4.79 Å². The van der Waals surface area contributed by atoms with Gasteiger partial charge in [0.15, 0.2) is 0 Å². The van der Waals surface area contributed by atoms with Gasteiger partial charge in [-0.3, -0.25) is 4.79 Å². The van der Waals surface area contributed by atoms with Gasteiger partial charge < -0.3 is 10.1 Å². The maximum Gasteiger partial charge on any atom is 0.234 e. The summed E-state index contributed by atoms with van der Waals surface area (Å²) >= 11 is 7.37. The number of benzene rings is 2. The van der Waals surface area contributed by atoms with Crippen LogP contribution in [0.2, 0.25) is 5.02 Å². The second kappa shape index (κ2) is 9.28.